The fraction of sp³-hybridized carbons (Fsp3) is 0.295. The Balaban J connectivity index is 1.09. The summed E-state index contributed by atoms with van der Waals surface area (Å²) in [6.07, 6.45) is 0.279. The van der Waals surface area contributed by atoms with E-state index in [9.17, 15) is 15.0 Å². The molecule has 0 aliphatic carbocycles. The number of aliphatic hydroxyl groups is 2. The van der Waals surface area contributed by atoms with Gasteiger partial charge in [-0.3, -0.25) is 4.79 Å². The highest BCUT2D eigenvalue weighted by atomic mass is 35.5. The van der Waals surface area contributed by atoms with Crippen molar-refractivity contribution in [3.63, 3.8) is 0 Å². The molecule has 2 aliphatic heterocycles. The van der Waals surface area contributed by atoms with E-state index >= 15 is 0 Å². The minimum absolute atomic E-state index is 0.0135. The predicted octanol–water partition coefficient (Wildman–Crippen LogP) is 8.20. The average Bonchev–Trinajstić information content (AvgIpc) is 3.19. The third-order valence-electron chi connectivity index (χ3n) is 10.5. The predicted molar refractivity (Wildman–Crippen MR) is 203 cm³/mol. The van der Waals surface area contributed by atoms with E-state index in [0.717, 1.165) is 52.0 Å². The van der Waals surface area contributed by atoms with Crippen molar-refractivity contribution in [1.29, 1.82) is 0 Å². The molecule has 4 atom stereocenters. The molecule has 1 amide bonds. The quantitative estimate of drug-likeness (QED) is 0.135. The summed E-state index contributed by atoms with van der Waals surface area (Å²) in [4.78, 5) is 15.0. The SMILES string of the molecule is C[C@H]1[C@@H](CN2CCC(O)(c3ccc(Cl)cc3)CC2)O[C@@H](c2cccc(-c3cccc(CNC(=O)c4ccccc4)c3)c2)O[C@H]1c1ccc(CO)cc1. The maximum absolute atomic E-state index is 12.7. The number of likely N-dealkylation sites (tertiary alicyclic amines) is 1. The van der Waals surface area contributed by atoms with Crippen LogP contribution in [0, 0.1) is 5.92 Å². The number of halogens is 1. The van der Waals surface area contributed by atoms with Crippen LogP contribution in [0.25, 0.3) is 11.1 Å². The normalized spacial score (nSPS) is 21.8. The Bertz CT molecular complexity index is 1940. The molecule has 0 unspecified atom stereocenters. The van der Waals surface area contributed by atoms with Crippen LogP contribution in [0.4, 0.5) is 0 Å². The van der Waals surface area contributed by atoms with Crippen molar-refractivity contribution < 1.29 is 24.5 Å². The number of rotatable bonds is 10. The minimum Gasteiger partial charge on any atom is -0.392 e. The molecule has 0 aromatic heterocycles. The molecule has 2 fully saturated rings. The highest BCUT2D eigenvalue weighted by Gasteiger charge is 2.41. The van der Waals surface area contributed by atoms with Gasteiger partial charge in [-0.2, -0.15) is 0 Å². The summed E-state index contributed by atoms with van der Waals surface area (Å²) >= 11 is 6.12. The number of hydrogen-bond donors (Lipinski definition) is 3. The summed E-state index contributed by atoms with van der Waals surface area (Å²) in [5, 5.41) is 24.9. The topological polar surface area (TPSA) is 91.3 Å². The zero-order valence-electron chi connectivity index (χ0n) is 29.3. The summed E-state index contributed by atoms with van der Waals surface area (Å²) in [6, 6.07) is 41.2. The maximum atomic E-state index is 12.7. The molecule has 8 heteroatoms. The first-order valence-electron chi connectivity index (χ1n) is 18.0. The van der Waals surface area contributed by atoms with Crippen molar-refractivity contribution in [1.82, 2.24) is 10.2 Å². The molecule has 2 saturated heterocycles. The van der Waals surface area contributed by atoms with Crippen LogP contribution in [-0.2, 0) is 28.2 Å². The Morgan fingerprint density at radius 1 is 0.808 bits per heavy atom. The number of nitrogens with zero attached hydrogens (tertiary/aromatic N) is 1. The van der Waals surface area contributed by atoms with Crippen molar-refractivity contribution in [2.24, 2.45) is 5.92 Å². The standard InChI is InChI=1S/C44H45ClN2O5/c1-30-40(28-47-23-21-44(50,22-24-47)38-17-19-39(45)20-18-38)51-43(52-41(30)33-15-13-31(29-48)14-16-33)37-12-6-11-36(26-37)35-10-5-7-32(25-35)27-46-42(49)34-8-3-2-4-9-34/h2-20,25-26,30,40-41,43,48,50H,21-24,27-29H2,1H3,(H,46,49)/t30-,40+,41+,43+/m0/s1. The van der Waals surface area contributed by atoms with Crippen molar-refractivity contribution in [2.75, 3.05) is 19.6 Å². The number of piperidine rings is 1. The number of nitrogens with one attached hydrogen (secondary N) is 1. The van der Waals surface area contributed by atoms with Gasteiger partial charge >= 0.3 is 0 Å². The van der Waals surface area contributed by atoms with Gasteiger partial charge in [0.05, 0.1) is 24.4 Å². The number of amides is 1. The fourth-order valence-corrected chi connectivity index (χ4v) is 7.46. The van der Waals surface area contributed by atoms with Gasteiger partial charge in [0.1, 0.15) is 0 Å². The largest absolute Gasteiger partial charge is 0.392 e. The molecule has 3 N–H and O–H groups in total. The van der Waals surface area contributed by atoms with Gasteiger partial charge in [0, 0.05) is 48.2 Å². The molecular weight excluding hydrogens is 672 g/mol. The first kappa shape index (κ1) is 36.0. The lowest BCUT2D eigenvalue weighted by Crippen LogP contribution is -2.49. The lowest BCUT2D eigenvalue weighted by molar-refractivity contribution is -0.277. The summed E-state index contributed by atoms with van der Waals surface area (Å²) in [5.41, 5.74) is 6.53. The Morgan fingerprint density at radius 3 is 2.21 bits per heavy atom. The van der Waals surface area contributed by atoms with E-state index in [1.165, 1.54) is 0 Å². The number of ether oxygens (including phenoxy) is 2. The van der Waals surface area contributed by atoms with Crippen LogP contribution in [0.5, 0.6) is 0 Å². The van der Waals surface area contributed by atoms with E-state index in [-0.39, 0.29) is 30.6 Å². The van der Waals surface area contributed by atoms with E-state index in [1.807, 2.05) is 103 Å². The fourth-order valence-electron chi connectivity index (χ4n) is 7.34. The van der Waals surface area contributed by atoms with E-state index in [2.05, 4.69) is 41.4 Å². The Labute approximate surface area is 310 Å². The van der Waals surface area contributed by atoms with Crippen LogP contribution < -0.4 is 5.32 Å². The Hall–Kier alpha value is -4.34. The van der Waals surface area contributed by atoms with Crippen molar-refractivity contribution >= 4 is 17.5 Å². The molecule has 5 aromatic carbocycles. The second-order valence-electron chi connectivity index (χ2n) is 14.0. The first-order valence-corrected chi connectivity index (χ1v) is 18.4. The van der Waals surface area contributed by atoms with Gasteiger partial charge in [0.25, 0.3) is 5.91 Å². The number of hydrogen-bond acceptors (Lipinski definition) is 6. The van der Waals surface area contributed by atoms with Crippen LogP contribution >= 0.6 is 11.6 Å². The lowest BCUT2D eigenvalue weighted by Gasteiger charge is -2.45. The highest BCUT2D eigenvalue weighted by Crippen LogP contribution is 2.43. The highest BCUT2D eigenvalue weighted by molar-refractivity contribution is 6.30. The molecule has 268 valence electrons. The van der Waals surface area contributed by atoms with Gasteiger partial charge in [0.2, 0.25) is 0 Å². The van der Waals surface area contributed by atoms with E-state index < -0.39 is 11.9 Å². The summed E-state index contributed by atoms with van der Waals surface area (Å²) in [6.45, 7) is 4.77. The van der Waals surface area contributed by atoms with E-state index in [4.69, 9.17) is 21.1 Å². The molecule has 52 heavy (non-hydrogen) atoms. The first-order chi connectivity index (χ1) is 25.3. The third kappa shape index (κ3) is 8.31. The van der Waals surface area contributed by atoms with Crippen LogP contribution in [0.1, 0.15) is 70.3 Å². The second-order valence-corrected chi connectivity index (χ2v) is 14.5. The Morgan fingerprint density at radius 2 is 1.50 bits per heavy atom. The lowest BCUT2D eigenvalue weighted by atomic mass is 9.84. The van der Waals surface area contributed by atoms with Gasteiger partial charge in [-0.05, 0) is 82.6 Å². The molecular formula is C44H45ClN2O5. The molecule has 0 saturated carbocycles. The van der Waals surface area contributed by atoms with Crippen LogP contribution in [0.15, 0.2) is 127 Å². The van der Waals surface area contributed by atoms with Crippen molar-refractivity contribution in [2.45, 2.75) is 57.0 Å². The number of carbonyl (C=O) groups excluding carboxylic acids is 1. The van der Waals surface area contributed by atoms with Crippen LogP contribution in [0.2, 0.25) is 5.02 Å². The monoisotopic (exact) mass is 716 g/mol. The van der Waals surface area contributed by atoms with E-state index in [1.54, 1.807) is 0 Å². The number of benzene rings is 5. The van der Waals surface area contributed by atoms with Crippen LogP contribution in [0.3, 0.4) is 0 Å². The molecule has 7 rings (SSSR count). The Kier molecular flexibility index (Phi) is 11.2. The molecule has 5 aromatic rings. The zero-order chi connectivity index (χ0) is 36.1. The molecule has 2 aliphatic rings. The van der Waals surface area contributed by atoms with Crippen molar-refractivity contribution in [3.8, 4) is 11.1 Å². The van der Waals surface area contributed by atoms with Crippen molar-refractivity contribution in [3.05, 3.63) is 166 Å². The van der Waals surface area contributed by atoms with Gasteiger partial charge in [0.15, 0.2) is 6.29 Å². The minimum atomic E-state index is -0.881. The van der Waals surface area contributed by atoms with Gasteiger partial charge in [-0.1, -0.05) is 110 Å². The van der Waals surface area contributed by atoms with Gasteiger partial charge < -0.3 is 29.9 Å². The molecule has 0 radical (unpaired) electrons. The van der Waals surface area contributed by atoms with Gasteiger partial charge in [-0.25, -0.2) is 0 Å². The zero-order valence-corrected chi connectivity index (χ0v) is 30.1. The maximum Gasteiger partial charge on any atom is 0.251 e. The summed E-state index contributed by atoms with van der Waals surface area (Å²) in [7, 11) is 0. The second kappa shape index (κ2) is 16.1. The third-order valence-corrected chi connectivity index (χ3v) is 10.8. The van der Waals surface area contributed by atoms with Crippen LogP contribution in [-0.4, -0.2) is 46.8 Å². The molecule has 0 spiro atoms. The molecule has 2 heterocycles. The van der Waals surface area contributed by atoms with E-state index in [0.29, 0.717) is 36.5 Å². The number of aliphatic hydroxyl groups excluding tert-OH is 1. The molecule has 7 nitrogen and oxygen atoms in total. The average molecular weight is 717 g/mol. The number of carbonyl (C=O) groups is 1. The summed E-state index contributed by atoms with van der Waals surface area (Å²) in [5.74, 6) is -0.0648. The smallest absolute Gasteiger partial charge is 0.251 e. The molecule has 0 bridgehead atoms. The van der Waals surface area contributed by atoms with Gasteiger partial charge in [-0.15, -0.1) is 0 Å². The summed E-state index contributed by atoms with van der Waals surface area (Å²) < 4.78 is 13.6.